The van der Waals surface area contributed by atoms with Crippen LogP contribution in [0.25, 0.3) is 10.8 Å². The van der Waals surface area contributed by atoms with Crippen LogP contribution in [0.1, 0.15) is 12.5 Å². The van der Waals surface area contributed by atoms with Crippen LogP contribution in [0, 0.1) is 0 Å². The van der Waals surface area contributed by atoms with E-state index in [1.54, 1.807) is 13.2 Å². The minimum absolute atomic E-state index is 0.188. The van der Waals surface area contributed by atoms with Crippen molar-refractivity contribution >= 4 is 16.7 Å². The molecule has 2 atom stereocenters. The summed E-state index contributed by atoms with van der Waals surface area (Å²) in [5.74, 6) is 1.90. The topological polar surface area (TPSA) is 56.8 Å². The Labute approximate surface area is 157 Å². The van der Waals surface area contributed by atoms with E-state index in [9.17, 15) is 4.79 Å². The third-order valence-electron chi connectivity index (χ3n) is 4.68. The number of hydrogen-bond acceptors (Lipinski definition) is 4. The molecule has 0 aliphatic carbocycles. The summed E-state index contributed by atoms with van der Waals surface area (Å²) in [6, 6.07) is 19.4. The molecule has 0 aromatic heterocycles. The first-order valence-corrected chi connectivity index (χ1v) is 8.91. The van der Waals surface area contributed by atoms with Crippen molar-refractivity contribution in [3.63, 3.8) is 0 Å². The van der Waals surface area contributed by atoms with E-state index in [0.29, 0.717) is 18.0 Å². The van der Waals surface area contributed by atoms with Gasteiger partial charge in [0.2, 0.25) is 6.10 Å². The average Bonchev–Trinajstić information content (AvgIpc) is 2.70. The molecule has 1 aliphatic rings. The molecule has 0 radical (unpaired) electrons. The Hall–Kier alpha value is -3.21. The van der Waals surface area contributed by atoms with Gasteiger partial charge in [0, 0.05) is 6.54 Å². The standard InChI is InChI=1S/C22H21NO4/c1-14-21(27-20-6-4-3-5-19(20)26-14)22(24)23-13-15-7-8-17-12-18(25-2)10-9-16(17)11-15/h3-12,14,21H,13H2,1-2H3,(H,23,24)/t14-,21+/m1/s1. The molecular weight excluding hydrogens is 342 g/mol. The molecule has 3 aromatic carbocycles. The predicted octanol–water partition coefficient (Wildman–Crippen LogP) is 3.69. The molecule has 1 aliphatic heterocycles. The fourth-order valence-electron chi connectivity index (χ4n) is 3.21. The van der Waals surface area contributed by atoms with Crippen molar-refractivity contribution in [3.05, 3.63) is 66.2 Å². The van der Waals surface area contributed by atoms with Gasteiger partial charge in [0.15, 0.2) is 11.5 Å². The van der Waals surface area contributed by atoms with E-state index >= 15 is 0 Å². The van der Waals surface area contributed by atoms with Gasteiger partial charge in [-0.05, 0) is 53.6 Å². The van der Waals surface area contributed by atoms with Crippen LogP contribution in [0.15, 0.2) is 60.7 Å². The second kappa shape index (κ2) is 7.19. The first-order valence-electron chi connectivity index (χ1n) is 8.91. The van der Waals surface area contributed by atoms with Crippen LogP contribution in [0.5, 0.6) is 17.2 Å². The van der Waals surface area contributed by atoms with Gasteiger partial charge in [-0.3, -0.25) is 4.79 Å². The predicted molar refractivity (Wildman–Crippen MR) is 103 cm³/mol. The zero-order valence-electron chi connectivity index (χ0n) is 15.3. The third-order valence-corrected chi connectivity index (χ3v) is 4.68. The van der Waals surface area contributed by atoms with Gasteiger partial charge in [0.25, 0.3) is 5.91 Å². The summed E-state index contributed by atoms with van der Waals surface area (Å²) in [4.78, 5) is 12.6. The summed E-state index contributed by atoms with van der Waals surface area (Å²) < 4.78 is 16.9. The Morgan fingerprint density at radius 3 is 2.48 bits per heavy atom. The summed E-state index contributed by atoms with van der Waals surface area (Å²) >= 11 is 0. The lowest BCUT2D eigenvalue weighted by molar-refractivity contribution is -0.133. The van der Waals surface area contributed by atoms with Gasteiger partial charge in [0.1, 0.15) is 11.9 Å². The number of para-hydroxylation sites is 2. The van der Waals surface area contributed by atoms with E-state index in [1.807, 2.05) is 55.5 Å². The van der Waals surface area contributed by atoms with Gasteiger partial charge in [-0.25, -0.2) is 0 Å². The average molecular weight is 363 g/mol. The first-order chi connectivity index (χ1) is 13.1. The van der Waals surface area contributed by atoms with Crippen LogP contribution >= 0.6 is 0 Å². The number of carbonyl (C=O) groups is 1. The van der Waals surface area contributed by atoms with Gasteiger partial charge in [-0.1, -0.05) is 30.3 Å². The molecule has 27 heavy (non-hydrogen) atoms. The summed E-state index contributed by atoms with van der Waals surface area (Å²) in [5.41, 5.74) is 1.02. The van der Waals surface area contributed by atoms with E-state index in [1.165, 1.54) is 0 Å². The highest BCUT2D eigenvalue weighted by atomic mass is 16.6. The highest BCUT2D eigenvalue weighted by Gasteiger charge is 2.33. The number of hydrogen-bond donors (Lipinski definition) is 1. The van der Waals surface area contributed by atoms with Gasteiger partial charge >= 0.3 is 0 Å². The minimum Gasteiger partial charge on any atom is -0.497 e. The van der Waals surface area contributed by atoms with Crippen LogP contribution in [0.3, 0.4) is 0 Å². The molecule has 0 spiro atoms. The highest BCUT2D eigenvalue weighted by Crippen LogP contribution is 2.33. The van der Waals surface area contributed by atoms with E-state index in [0.717, 1.165) is 22.1 Å². The van der Waals surface area contributed by atoms with Crippen LogP contribution in [0.2, 0.25) is 0 Å². The van der Waals surface area contributed by atoms with Gasteiger partial charge in [-0.15, -0.1) is 0 Å². The van der Waals surface area contributed by atoms with Crippen LogP contribution in [-0.4, -0.2) is 25.2 Å². The number of nitrogens with one attached hydrogen (secondary N) is 1. The van der Waals surface area contributed by atoms with Gasteiger partial charge < -0.3 is 19.5 Å². The number of amides is 1. The van der Waals surface area contributed by atoms with Crippen molar-refractivity contribution in [2.75, 3.05) is 7.11 Å². The number of methoxy groups -OCH3 is 1. The zero-order chi connectivity index (χ0) is 18.8. The molecule has 138 valence electrons. The molecule has 0 saturated carbocycles. The normalized spacial score (nSPS) is 18.1. The van der Waals surface area contributed by atoms with Crippen molar-refractivity contribution in [2.45, 2.75) is 25.7 Å². The van der Waals surface area contributed by atoms with Gasteiger partial charge in [0.05, 0.1) is 7.11 Å². The summed E-state index contributed by atoms with van der Waals surface area (Å²) in [6.07, 6.45) is -1.03. The molecule has 3 aromatic rings. The fourth-order valence-corrected chi connectivity index (χ4v) is 3.21. The van der Waals surface area contributed by atoms with Crippen LogP contribution < -0.4 is 19.5 Å². The molecule has 4 rings (SSSR count). The third kappa shape index (κ3) is 3.53. The minimum atomic E-state index is -0.676. The maximum Gasteiger partial charge on any atom is 0.265 e. The molecule has 5 nitrogen and oxygen atoms in total. The molecule has 0 unspecified atom stereocenters. The van der Waals surface area contributed by atoms with Crippen molar-refractivity contribution in [3.8, 4) is 17.2 Å². The van der Waals surface area contributed by atoms with Gasteiger partial charge in [-0.2, -0.15) is 0 Å². The molecular formula is C22H21NO4. The fraction of sp³-hybridized carbons (Fsp3) is 0.227. The lowest BCUT2D eigenvalue weighted by Crippen LogP contribution is -2.48. The lowest BCUT2D eigenvalue weighted by Gasteiger charge is -2.31. The Bertz CT molecular complexity index is 985. The number of fused-ring (bicyclic) bond motifs is 2. The first kappa shape index (κ1) is 17.2. The van der Waals surface area contributed by atoms with Crippen molar-refractivity contribution in [1.82, 2.24) is 5.32 Å². The summed E-state index contributed by atoms with van der Waals surface area (Å²) in [5, 5.41) is 5.14. The second-order valence-electron chi connectivity index (χ2n) is 6.57. The summed E-state index contributed by atoms with van der Waals surface area (Å²) in [6.45, 7) is 2.26. The number of ether oxygens (including phenoxy) is 3. The van der Waals surface area contributed by atoms with Crippen molar-refractivity contribution in [2.24, 2.45) is 0 Å². The number of rotatable bonds is 4. The quantitative estimate of drug-likeness (QED) is 0.768. The Kier molecular flexibility index (Phi) is 4.59. The zero-order valence-corrected chi connectivity index (χ0v) is 15.3. The maximum atomic E-state index is 12.6. The SMILES string of the molecule is COc1ccc2cc(CNC(=O)[C@H]3Oc4ccccc4O[C@@H]3C)ccc2c1. The van der Waals surface area contributed by atoms with Crippen LogP contribution in [0.4, 0.5) is 0 Å². The lowest BCUT2D eigenvalue weighted by atomic mass is 10.1. The molecule has 0 bridgehead atoms. The van der Waals surface area contributed by atoms with E-state index in [2.05, 4.69) is 11.4 Å². The molecule has 1 N–H and O–H groups in total. The number of carbonyl (C=O) groups excluding carboxylic acids is 1. The Morgan fingerprint density at radius 2 is 1.70 bits per heavy atom. The summed E-state index contributed by atoms with van der Waals surface area (Å²) in [7, 11) is 1.65. The monoisotopic (exact) mass is 363 g/mol. The maximum absolute atomic E-state index is 12.6. The smallest absolute Gasteiger partial charge is 0.265 e. The van der Waals surface area contributed by atoms with Crippen LogP contribution in [-0.2, 0) is 11.3 Å². The van der Waals surface area contributed by atoms with E-state index in [-0.39, 0.29) is 12.0 Å². The van der Waals surface area contributed by atoms with Crippen molar-refractivity contribution < 1.29 is 19.0 Å². The second-order valence-corrected chi connectivity index (χ2v) is 6.57. The molecule has 1 amide bonds. The molecule has 5 heteroatoms. The van der Waals surface area contributed by atoms with Crippen molar-refractivity contribution in [1.29, 1.82) is 0 Å². The number of benzene rings is 3. The molecule has 0 fully saturated rings. The Balaban J connectivity index is 1.44. The Morgan fingerprint density at radius 1 is 1.00 bits per heavy atom. The molecule has 0 saturated heterocycles. The molecule has 1 heterocycles. The highest BCUT2D eigenvalue weighted by molar-refractivity contribution is 5.85. The largest absolute Gasteiger partial charge is 0.497 e. The van der Waals surface area contributed by atoms with E-state index in [4.69, 9.17) is 14.2 Å². The van der Waals surface area contributed by atoms with E-state index < -0.39 is 6.10 Å².